The highest BCUT2D eigenvalue weighted by molar-refractivity contribution is 7.92. The normalized spacial score (nSPS) is 19.1. The first-order valence-corrected chi connectivity index (χ1v) is 12.6. The van der Waals surface area contributed by atoms with Crippen molar-refractivity contribution in [1.82, 2.24) is 5.32 Å². The molecule has 2 aromatic carbocycles. The van der Waals surface area contributed by atoms with Gasteiger partial charge in [0.25, 0.3) is 5.91 Å². The maximum atomic E-state index is 13.4. The van der Waals surface area contributed by atoms with Crippen LogP contribution in [0.3, 0.4) is 0 Å². The van der Waals surface area contributed by atoms with Crippen LogP contribution in [-0.2, 0) is 15.9 Å². The molecule has 2 amide bonds. The second kappa shape index (κ2) is 11.1. The Balaban J connectivity index is 1.64. The summed E-state index contributed by atoms with van der Waals surface area (Å²) in [7, 11) is 0. The van der Waals surface area contributed by atoms with E-state index in [1.165, 1.54) is 18.2 Å². The summed E-state index contributed by atoms with van der Waals surface area (Å²) < 4.78 is 58.5. The second-order valence-corrected chi connectivity index (χ2v) is 11.4. The Morgan fingerprint density at radius 1 is 1.06 bits per heavy atom. The Bertz CT molecular complexity index is 1080. The van der Waals surface area contributed by atoms with Gasteiger partial charge in [-0.2, -0.15) is 0 Å². The van der Waals surface area contributed by atoms with Crippen LogP contribution in [0.1, 0.15) is 56.8 Å². The molecule has 2 aromatic rings. The Kier molecular flexibility index (Phi) is 8.61. The minimum Gasteiger partial charge on any atom is -0.611 e. The predicted molar refractivity (Wildman–Crippen MR) is 128 cm³/mol. The van der Waals surface area contributed by atoms with Crippen molar-refractivity contribution in [3.05, 3.63) is 58.4 Å². The molecule has 1 atom stereocenters. The SMILES string of the molecule is CC(C)(C)OC(=O)N[C@H]1CC[C@H]([S+]([O-])c2cc(C(=O)Nc3cc(F)c(F)c(F)c3)ccc2Cl)CC1. The van der Waals surface area contributed by atoms with Gasteiger partial charge in [0.1, 0.15) is 10.9 Å². The zero-order valence-corrected chi connectivity index (χ0v) is 21.0. The zero-order chi connectivity index (χ0) is 25.9. The third-order valence-corrected chi connectivity index (χ3v) is 7.64. The molecule has 11 heteroatoms. The van der Waals surface area contributed by atoms with E-state index in [1.54, 1.807) is 20.8 Å². The highest BCUT2D eigenvalue weighted by Crippen LogP contribution is 2.33. The molecule has 6 nitrogen and oxygen atoms in total. The molecule has 35 heavy (non-hydrogen) atoms. The first kappa shape index (κ1) is 27.2. The maximum absolute atomic E-state index is 13.4. The lowest BCUT2D eigenvalue weighted by Gasteiger charge is -2.31. The summed E-state index contributed by atoms with van der Waals surface area (Å²) in [6.07, 6.45) is 1.84. The zero-order valence-electron chi connectivity index (χ0n) is 19.4. The van der Waals surface area contributed by atoms with Gasteiger partial charge in [-0.25, -0.2) is 18.0 Å². The highest BCUT2D eigenvalue weighted by atomic mass is 35.5. The highest BCUT2D eigenvalue weighted by Gasteiger charge is 2.33. The monoisotopic (exact) mass is 530 g/mol. The summed E-state index contributed by atoms with van der Waals surface area (Å²) in [5.74, 6) is -5.23. The Hall–Kier alpha value is -2.43. The van der Waals surface area contributed by atoms with E-state index in [1.807, 2.05) is 0 Å². The van der Waals surface area contributed by atoms with Gasteiger partial charge in [0, 0.05) is 35.5 Å². The Morgan fingerprint density at radius 2 is 1.66 bits per heavy atom. The molecule has 0 aromatic heterocycles. The molecular formula is C24H26ClF3N2O4S. The lowest BCUT2D eigenvalue weighted by molar-refractivity contribution is 0.0493. The van der Waals surface area contributed by atoms with Crippen molar-refractivity contribution in [2.45, 2.75) is 68.2 Å². The van der Waals surface area contributed by atoms with E-state index in [4.69, 9.17) is 16.3 Å². The number of anilines is 1. The van der Waals surface area contributed by atoms with Crippen LogP contribution in [0.15, 0.2) is 35.2 Å². The lowest BCUT2D eigenvalue weighted by Crippen LogP contribution is -2.42. The van der Waals surface area contributed by atoms with Gasteiger partial charge in [0.15, 0.2) is 22.3 Å². The number of halogens is 4. The van der Waals surface area contributed by atoms with Crippen LogP contribution < -0.4 is 10.6 Å². The van der Waals surface area contributed by atoms with E-state index in [-0.39, 0.29) is 32.5 Å². The number of ether oxygens (including phenoxy) is 1. The van der Waals surface area contributed by atoms with Gasteiger partial charge >= 0.3 is 6.09 Å². The fourth-order valence-electron chi connectivity index (χ4n) is 3.70. The first-order chi connectivity index (χ1) is 16.3. The molecule has 3 rings (SSSR count). The van der Waals surface area contributed by atoms with Crippen LogP contribution in [0, 0.1) is 17.5 Å². The predicted octanol–water partition coefficient (Wildman–Crippen LogP) is 5.95. The number of amides is 2. The van der Waals surface area contributed by atoms with E-state index in [9.17, 15) is 27.3 Å². The Labute approximate surface area is 209 Å². The molecule has 1 fully saturated rings. The van der Waals surface area contributed by atoms with Crippen molar-refractivity contribution in [1.29, 1.82) is 0 Å². The first-order valence-electron chi connectivity index (χ1n) is 11.0. The minimum absolute atomic E-state index is 0.0724. The van der Waals surface area contributed by atoms with Gasteiger partial charge in [-0.3, -0.25) is 4.79 Å². The van der Waals surface area contributed by atoms with Crippen molar-refractivity contribution >= 4 is 40.5 Å². The molecule has 1 saturated carbocycles. The molecule has 0 saturated heterocycles. The van der Waals surface area contributed by atoms with E-state index in [2.05, 4.69) is 10.6 Å². The van der Waals surface area contributed by atoms with Crippen LogP contribution in [-0.4, -0.2) is 33.4 Å². The van der Waals surface area contributed by atoms with Crippen molar-refractivity contribution < 1.29 is 32.0 Å². The molecule has 190 valence electrons. The van der Waals surface area contributed by atoms with Gasteiger partial charge in [-0.15, -0.1) is 0 Å². The van der Waals surface area contributed by atoms with E-state index < -0.39 is 46.2 Å². The van der Waals surface area contributed by atoms with Gasteiger partial charge in [0.05, 0.1) is 5.02 Å². The van der Waals surface area contributed by atoms with Crippen molar-refractivity contribution in [3.8, 4) is 0 Å². The van der Waals surface area contributed by atoms with Gasteiger partial charge in [-0.1, -0.05) is 11.6 Å². The molecule has 0 spiro atoms. The molecule has 0 radical (unpaired) electrons. The number of nitrogens with one attached hydrogen (secondary N) is 2. The average molecular weight is 531 g/mol. The number of alkyl carbamates (subject to hydrolysis) is 1. The van der Waals surface area contributed by atoms with E-state index >= 15 is 0 Å². The molecule has 0 heterocycles. The van der Waals surface area contributed by atoms with Crippen molar-refractivity contribution in [2.24, 2.45) is 0 Å². The quantitative estimate of drug-likeness (QED) is 0.369. The van der Waals surface area contributed by atoms with E-state index in [0.29, 0.717) is 37.8 Å². The topological polar surface area (TPSA) is 90.5 Å². The van der Waals surface area contributed by atoms with Gasteiger partial charge in [0.2, 0.25) is 0 Å². The summed E-state index contributed by atoms with van der Waals surface area (Å²) in [5.41, 5.74) is -0.793. The second-order valence-electron chi connectivity index (χ2n) is 9.27. The molecule has 0 aliphatic heterocycles. The summed E-state index contributed by atoms with van der Waals surface area (Å²) in [5, 5.41) is 5.10. The molecular weight excluding hydrogens is 505 g/mol. The van der Waals surface area contributed by atoms with Crippen LogP contribution in [0.25, 0.3) is 0 Å². The fraction of sp³-hybridized carbons (Fsp3) is 0.417. The summed E-state index contributed by atoms with van der Waals surface area (Å²) >= 11 is 4.72. The lowest BCUT2D eigenvalue weighted by atomic mass is 9.95. The third kappa shape index (κ3) is 7.28. The maximum Gasteiger partial charge on any atom is 0.407 e. The fourth-order valence-corrected chi connectivity index (χ4v) is 5.61. The number of rotatable bonds is 5. The van der Waals surface area contributed by atoms with Crippen LogP contribution >= 0.6 is 11.6 Å². The Morgan fingerprint density at radius 3 is 2.23 bits per heavy atom. The van der Waals surface area contributed by atoms with Crippen molar-refractivity contribution in [2.75, 3.05) is 5.32 Å². The van der Waals surface area contributed by atoms with Crippen LogP contribution in [0.4, 0.5) is 23.7 Å². The number of carbonyl (C=O) groups excluding carboxylic acids is 2. The average Bonchev–Trinajstić information content (AvgIpc) is 2.76. The number of hydrogen-bond donors (Lipinski definition) is 2. The van der Waals surface area contributed by atoms with Crippen LogP contribution in [0.2, 0.25) is 5.02 Å². The summed E-state index contributed by atoms with van der Waals surface area (Å²) in [4.78, 5) is 24.8. The van der Waals surface area contributed by atoms with Gasteiger partial charge < -0.3 is 19.9 Å². The van der Waals surface area contributed by atoms with Crippen LogP contribution in [0.5, 0.6) is 0 Å². The molecule has 1 aliphatic rings. The number of carbonyl (C=O) groups is 2. The largest absolute Gasteiger partial charge is 0.611 e. The summed E-state index contributed by atoms with van der Waals surface area (Å²) in [6, 6.07) is 5.41. The van der Waals surface area contributed by atoms with E-state index in [0.717, 1.165) is 0 Å². The molecule has 1 unspecified atom stereocenters. The smallest absolute Gasteiger partial charge is 0.407 e. The standard InChI is InChI=1S/C24H26ClF3N2O4S/c1-24(2,3)34-23(32)30-14-5-7-16(8-6-14)35(33)20-10-13(4-9-17(20)25)22(31)29-15-11-18(26)21(28)19(27)12-15/h4,9-12,14,16H,5-8H2,1-3H3,(H,29,31)(H,30,32)/t14-,16-,35?. The van der Waals surface area contributed by atoms with Crippen molar-refractivity contribution in [3.63, 3.8) is 0 Å². The number of benzene rings is 2. The molecule has 1 aliphatic carbocycles. The summed E-state index contributed by atoms with van der Waals surface area (Å²) in [6.45, 7) is 5.34. The molecule has 0 bridgehead atoms. The number of hydrogen-bond acceptors (Lipinski definition) is 4. The minimum atomic E-state index is -1.64. The van der Waals surface area contributed by atoms with Gasteiger partial charge in [-0.05, 0) is 69.8 Å². The third-order valence-electron chi connectivity index (χ3n) is 5.35. The molecule has 2 N–H and O–H groups in total.